The number of para-hydroxylation sites is 3. The second kappa shape index (κ2) is 16.5. The van der Waals surface area contributed by atoms with E-state index in [-0.39, 0.29) is 0 Å². The molecule has 13 aromatic rings. The first-order valence-electron chi connectivity index (χ1n) is 23.4. The van der Waals surface area contributed by atoms with Gasteiger partial charge in [-0.05, 0) is 133 Å². The number of hydrogen-bond donors (Lipinski definition) is 0. The molecule has 0 fully saturated rings. The van der Waals surface area contributed by atoms with Gasteiger partial charge in [-0.15, -0.1) is 0 Å². The summed E-state index contributed by atoms with van der Waals surface area (Å²) in [5.41, 5.74) is 21.4. The first-order chi connectivity index (χ1) is 33.7. The smallest absolute Gasteiger partial charge is 0.0541 e. The van der Waals surface area contributed by atoms with Crippen LogP contribution >= 0.6 is 0 Å². The van der Waals surface area contributed by atoms with E-state index in [1.54, 1.807) is 0 Å². The Morgan fingerprint density at radius 3 is 0.971 bits per heavy atom. The third-order valence-electron chi connectivity index (χ3n) is 13.7. The zero-order valence-corrected chi connectivity index (χ0v) is 37.3. The highest BCUT2D eigenvalue weighted by Crippen LogP contribution is 2.44. The van der Waals surface area contributed by atoms with E-state index >= 15 is 0 Å². The van der Waals surface area contributed by atoms with Crippen molar-refractivity contribution in [1.29, 1.82) is 0 Å². The van der Waals surface area contributed by atoms with Crippen molar-refractivity contribution in [3.63, 3.8) is 0 Å². The lowest BCUT2D eigenvalue weighted by Gasteiger charge is -2.18. The summed E-state index contributed by atoms with van der Waals surface area (Å²) in [6, 6.07) is 97.5. The molecular formula is C66H44N2. The molecule has 0 aliphatic heterocycles. The van der Waals surface area contributed by atoms with Gasteiger partial charge in [0.2, 0.25) is 0 Å². The molecule has 2 heteroatoms. The van der Waals surface area contributed by atoms with Gasteiger partial charge in [0.25, 0.3) is 0 Å². The van der Waals surface area contributed by atoms with Crippen LogP contribution in [0.4, 0.5) is 0 Å². The second-order valence-electron chi connectivity index (χ2n) is 17.6. The molecule has 2 heterocycles. The molecule has 0 saturated heterocycles. The van der Waals surface area contributed by atoms with Crippen LogP contribution in [0.5, 0.6) is 0 Å². The fraction of sp³-hybridized carbons (Fsp3) is 0. The molecule has 0 aliphatic rings. The maximum Gasteiger partial charge on any atom is 0.0541 e. The first kappa shape index (κ1) is 39.4. The number of benzene rings is 11. The van der Waals surface area contributed by atoms with Crippen LogP contribution in [0.3, 0.4) is 0 Å². The molecule has 11 aromatic carbocycles. The van der Waals surface area contributed by atoms with E-state index in [4.69, 9.17) is 0 Å². The Kier molecular flexibility index (Phi) is 9.54. The third-order valence-corrected chi connectivity index (χ3v) is 13.7. The van der Waals surface area contributed by atoms with Gasteiger partial charge < -0.3 is 9.13 Å². The highest BCUT2D eigenvalue weighted by molar-refractivity contribution is 6.12. The summed E-state index contributed by atoms with van der Waals surface area (Å²) in [5.74, 6) is 0. The minimum Gasteiger partial charge on any atom is -0.309 e. The Bertz CT molecular complexity index is 3950. The standard InChI is InChI=1S/C66H44N2/c1-4-20-45(21-5-1)49-40-50(46-22-6-2-7-23-46)42-52(41-49)68-64-35-19-17-33-60(64)62-44-48(37-39-66(62)68)54-27-11-13-29-56(54)58-31-15-14-30-57(58)55-28-12-10-26-53(55)47-36-38-65-61(43-47)59-32-16-18-34-63(59)67(65)51-24-8-3-9-25-51/h1-44H. The van der Waals surface area contributed by atoms with Crippen molar-refractivity contribution in [3.8, 4) is 78.1 Å². The molecule has 0 amide bonds. The number of fused-ring (bicyclic) bond motifs is 6. The molecule has 2 aromatic heterocycles. The molecule has 0 bridgehead atoms. The van der Waals surface area contributed by atoms with E-state index < -0.39 is 0 Å². The van der Waals surface area contributed by atoms with Crippen LogP contribution in [-0.4, -0.2) is 9.13 Å². The molecule has 0 N–H and O–H groups in total. The lowest BCUT2D eigenvalue weighted by molar-refractivity contribution is 1.18. The number of aromatic nitrogens is 2. The Labute approximate surface area is 395 Å². The van der Waals surface area contributed by atoms with Gasteiger partial charge in [0.15, 0.2) is 0 Å². The van der Waals surface area contributed by atoms with E-state index in [1.807, 2.05) is 0 Å². The molecule has 0 aliphatic carbocycles. The first-order valence-corrected chi connectivity index (χ1v) is 23.4. The quantitative estimate of drug-likeness (QED) is 0.144. The monoisotopic (exact) mass is 864 g/mol. The summed E-state index contributed by atoms with van der Waals surface area (Å²) in [6.45, 7) is 0. The number of nitrogens with zero attached hydrogens (tertiary/aromatic N) is 2. The molecule has 0 radical (unpaired) electrons. The predicted molar refractivity (Wildman–Crippen MR) is 288 cm³/mol. The Hall–Kier alpha value is -8.98. The summed E-state index contributed by atoms with van der Waals surface area (Å²) in [5, 5.41) is 4.94. The van der Waals surface area contributed by atoms with Crippen LogP contribution in [0, 0.1) is 0 Å². The highest BCUT2D eigenvalue weighted by atomic mass is 15.0. The topological polar surface area (TPSA) is 9.86 Å². The van der Waals surface area contributed by atoms with Gasteiger partial charge in [0.05, 0.1) is 22.1 Å². The van der Waals surface area contributed by atoms with Crippen molar-refractivity contribution >= 4 is 43.6 Å². The van der Waals surface area contributed by atoms with Gasteiger partial charge in [-0.3, -0.25) is 0 Å². The van der Waals surface area contributed by atoms with Crippen molar-refractivity contribution in [2.45, 2.75) is 0 Å². The summed E-state index contributed by atoms with van der Waals surface area (Å²) >= 11 is 0. The largest absolute Gasteiger partial charge is 0.309 e. The summed E-state index contributed by atoms with van der Waals surface area (Å²) in [6.07, 6.45) is 0. The minimum absolute atomic E-state index is 1.14. The van der Waals surface area contributed by atoms with E-state index in [9.17, 15) is 0 Å². The lowest BCUT2D eigenvalue weighted by atomic mass is 9.86. The molecule has 0 atom stereocenters. The van der Waals surface area contributed by atoms with E-state index in [0.717, 1.165) is 11.4 Å². The number of rotatable bonds is 8. The Balaban J connectivity index is 0.944. The van der Waals surface area contributed by atoms with E-state index in [0.29, 0.717) is 0 Å². The number of hydrogen-bond acceptors (Lipinski definition) is 0. The van der Waals surface area contributed by atoms with E-state index in [1.165, 1.54) is 110 Å². The van der Waals surface area contributed by atoms with Crippen LogP contribution in [0.25, 0.3) is 122 Å². The molecule has 0 saturated carbocycles. The molecule has 318 valence electrons. The summed E-state index contributed by atoms with van der Waals surface area (Å²) in [4.78, 5) is 0. The zero-order chi connectivity index (χ0) is 45.0. The van der Waals surface area contributed by atoms with Gasteiger partial charge in [0, 0.05) is 32.9 Å². The summed E-state index contributed by atoms with van der Waals surface area (Å²) in [7, 11) is 0. The van der Waals surface area contributed by atoms with Gasteiger partial charge in [-0.2, -0.15) is 0 Å². The maximum atomic E-state index is 2.45. The fourth-order valence-corrected chi connectivity index (χ4v) is 10.6. The SMILES string of the molecule is c1ccc(-c2cc(-c3ccccc3)cc(-n3c4ccccc4c4cc(-c5ccccc5-c5ccccc5-c5ccccc5-c5ccc6c(c5)c5ccccc5n6-c5ccccc5)ccc43)c2)cc1. The van der Waals surface area contributed by atoms with Crippen LogP contribution in [0.15, 0.2) is 267 Å². The van der Waals surface area contributed by atoms with Crippen molar-refractivity contribution < 1.29 is 0 Å². The van der Waals surface area contributed by atoms with E-state index in [2.05, 4.69) is 276 Å². The van der Waals surface area contributed by atoms with Crippen LogP contribution in [-0.2, 0) is 0 Å². The average Bonchev–Trinajstić information content (AvgIpc) is 3.94. The van der Waals surface area contributed by atoms with Gasteiger partial charge >= 0.3 is 0 Å². The van der Waals surface area contributed by atoms with Crippen molar-refractivity contribution in [2.75, 3.05) is 0 Å². The molecule has 13 rings (SSSR count). The summed E-state index contributed by atoms with van der Waals surface area (Å²) < 4.78 is 4.83. The van der Waals surface area contributed by atoms with Gasteiger partial charge in [-0.1, -0.05) is 200 Å². The highest BCUT2D eigenvalue weighted by Gasteiger charge is 2.20. The fourth-order valence-electron chi connectivity index (χ4n) is 10.6. The predicted octanol–water partition coefficient (Wildman–Crippen LogP) is 17.9. The van der Waals surface area contributed by atoms with Crippen molar-refractivity contribution in [3.05, 3.63) is 267 Å². The van der Waals surface area contributed by atoms with Crippen LogP contribution in [0.1, 0.15) is 0 Å². The Morgan fingerprint density at radius 2 is 0.515 bits per heavy atom. The molecule has 68 heavy (non-hydrogen) atoms. The maximum absolute atomic E-state index is 2.45. The molecule has 0 spiro atoms. The van der Waals surface area contributed by atoms with Gasteiger partial charge in [0.1, 0.15) is 0 Å². The van der Waals surface area contributed by atoms with Crippen LogP contribution < -0.4 is 0 Å². The van der Waals surface area contributed by atoms with Crippen molar-refractivity contribution in [2.24, 2.45) is 0 Å². The van der Waals surface area contributed by atoms with Crippen molar-refractivity contribution in [1.82, 2.24) is 9.13 Å². The molecule has 2 nitrogen and oxygen atoms in total. The van der Waals surface area contributed by atoms with Gasteiger partial charge in [-0.25, -0.2) is 0 Å². The minimum atomic E-state index is 1.14. The molecule has 0 unspecified atom stereocenters. The zero-order valence-electron chi connectivity index (χ0n) is 37.3. The lowest BCUT2D eigenvalue weighted by Crippen LogP contribution is -1.96. The molecular weight excluding hydrogens is 821 g/mol. The third kappa shape index (κ3) is 6.65. The average molecular weight is 865 g/mol. The second-order valence-corrected chi connectivity index (χ2v) is 17.6. The Morgan fingerprint density at radius 1 is 0.176 bits per heavy atom. The normalized spacial score (nSPS) is 11.5. The van der Waals surface area contributed by atoms with Crippen LogP contribution in [0.2, 0.25) is 0 Å².